The minimum Gasteiger partial charge on any atom is -0.310 e. The summed E-state index contributed by atoms with van der Waals surface area (Å²) in [6.07, 6.45) is 0. The summed E-state index contributed by atoms with van der Waals surface area (Å²) in [5, 5.41) is 2.55. The second-order valence-electron chi connectivity index (χ2n) is 27.2. The standard InChI is InChI=1S/C72H73BN4S/c1-68(2,3)46-31-35-58-52(39-46)53-40-47(69(4,5)6)32-36-59(53)76(58)49-33-34-54-60(43-49)77(61-41-48(70(7,8)9)42-63-66(61)73(54)55-38-45(30-37-62(55)78-63)44-22-17-16-18-23-44)67-50(56-26-20-28-64(74-56)71(10,11)12)24-19-25-51(67)57-27-21-29-65(75-57)72(13,14)15/h16-43H,1-15H3. The summed E-state index contributed by atoms with van der Waals surface area (Å²) in [6.45, 7) is 34.5. The summed E-state index contributed by atoms with van der Waals surface area (Å²) < 4.78 is 2.53. The van der Waals surface area contributed by atoms with Gasteiger partial charge < -0.3 is 9.47 Å². The molecule has 12 rings (SSSR count). The Hall–Kier alpha value is -7.15. The molecule has 0 amide bonds. The summed E-state index contributed by atoms with van der Waals surface area (Å²) in [7, 11) is 0. The molecule has 0 atom stereocenters. The van der Waals surface area contributed by atoms with Gasteiger partial charge in [0.2, 0.25) is 6.71 Å². The molecule has 0 N–H and O–H groups in total. The van der Waals surface area contributed by atoms with Crippen molar-refractivity contribution in [3.05, 3.63) is 198 Å². The molecule has 5 heterocycles. The number of hydrogen-bond acceptors (Lipinski definition) is 4. The van der Waals surface area contributed by atoms with E-state index in [1.54, 1.807) is 0 Å². The number of anilines is 3. The fraction of sp³-hybridized carbons (Fsp3) is 0.278. The van der Waals surface area contributed by atoms with E-state index < -0.39 is 0 Å². The zero-order valence-corrected chi connectivity index (χ0v) is 49.3. The number of benzene rings is 7. The van der Waals surface area contributed by atoms with Gasteiger partial charge in [-0.2, -0.15) is 0 Å². The second-order valence-corrected chi connectivity index (χ2v) is 28.3. The molecule has 10 aromatic rings. The van der Waals surface area contributed by atoms with E-state index in [1.165, 1.54) is 81.5 Å². The van der Waals surface area contributed by atoms with Crippen molar-refractivity contribution in [2.24, 2.45) is 0 Å². The predicted molar refractivity (Wildman–Crippen MR) is 336 cm³/mol. The molecule has 0 bridgehead atoms. The zero-order chi connectivity index (χ0) is 55.0. The Balaban J connectivity index is 1.23. The highest BCUT2D eigenvalue weighted by atomic mass is 32.2. The van der Waals surface area contributed by atoms with Gasteiger partial charge in [-0.3, -0.25) is 9.97 Å². The summed E-state index contributed by atoms with van der Waals surface area (Å²) in [4.78, 5) is 16.4. The Morgan fingerprint density at radius 2 is 0.949 bits per heavy atom. The summed E-state index contributed by atoms with van der Waals surface area (Å²) in [6, 6.07) is 64.7. The van der Waals surface area contributed by atoms with Gasteiger partial charge >= 0.3 is 0 Å². The van der Waals surface area contributed by atoms with Crippen LogP contribution in [-0.2, 0) is 27.1 Å². The van der Waals surface area contributed by atoms with Crippen LogP contribution >= 0.6 is 11.8 Å². The first-order chi connectivity index (χ1) is 36.8. The summed E-state index contributed by atoms with van der Waals surface area (Å²) >= 11 is 1.92. The van der Waals surface area contributed by atoms with Gasteiger partial charge in [0.25, 0.3) is 0 Å². The Labute approximate surface area is 468 Å². The number of hydrogen-bond donors (Lipinski definition) is 0. The summed E-state index contributed by atoms with van der Waals surface area (Å²) in [5.41, 5.74) is 22.8. The highest BCUT2D eigenvalue weighted by molar-refractivity contribution is 8.00. The third-order valence-electron chi connectivity index (χ3n) is 16.3. The van der Waals surface area contributed by atoms with E-state index in [1.807, 2.05) is 11.8 Å². The maximum atomic E-state index is 5.58. The fourth-order valence-electron chi connectivity index (χ4n) is 11.8. The Kier molecular flexibility index (Phi) is 12.0. The molecule has 0 unspecified atom stereocenters. The lowest BCUT2D eigenvalue weighted by Crippen LogP contribution is -2.60. The molecule has 390 valence electrons. The van der Waals surface area contributed by atoms with Gasteiger partial charge in [0.1, 0.15) is 0 Å². The maximum Gasteiger partial charge on any atom is 0.249 e. The largest absolute Gasteiger partial charge is 0.310 e. The van der Waals surface area contributed by atoms with E-state index >= 15 is 0 Å². The second kappa shape index (κ2) is 18.2. The average molecular weight is 1040 g/mol. The van der Waals surface area contributed by atoms with Crippen molar-refractivity contribution < 1.29 is 0 Å². The van der Waals surface area contributed by atoms with Crippen LogP contribution in [0.5, 0.6) is 0 Å². The molecular weight excluding hydrogens is 964 g/mol. The van der Waals surface area contributed by atoms with Crippen molar-refractivity contribution in [3.63, 3.8) is 0 Å². The molecule has 2 aliphatic rings. The number of aromatic nitrogens is 3. The molecule has 0 spiro atoms. The molecule has 78 heavy (non-hydrogen) atoms. The fourth-order valence-corrected chi connectivity index (χ4v) is 13.0. The van der Waals surface area contributed by atoms with E-state index in [9.17, 15) is 0 Å². The van der Waals surface area contributed by atoms with Crippen LogP contribution in [0.3, 0.4) is 0 Å². The van der Waals surface area contributed by atoms with Crippen LogP contribution < -0.4 is 21.3 Å². The highest BCUT2D eigenvalue weighted by Crippen LogP contribution is 2.51. The lowest BCUT2D eigenvalue weighted by molar-refractivity contribution is 0.569. The van der Waals surface area contributed by atoms with Crippen molar-refractivity contribution in [2.45, 2.75) is 141 Å². The zero-order valence-electron chi connectivity index (χ0n) is 48.4. The molecule has 0 fully saturated rings. The lowest BCUT2D eigenvalue weighted by atomic mass is 9.34. The number of nitrogens with zero attached hydrogens (tertiary/aromatic N) is 4. The minimum atomic E-state index is -0.164. The molecule has 0 radical (unpaired) electrons. The van der Waals surface area contributed by atoms with Crippen LogP contribution in [-0.4, -0.2) is 21.2 Å². The lowest BCUT2D eigenvalue weighted by Gasteiger charge is -2.42. The molecule has 4 nitrogen and oxygen atoms in total. The van der Waals surface area contributed by atoms with Crippen molar-refractivity contribution in [3.8, 4) is 39.3 Å². The van der Waals surface area contributed by atoms with Crippen molar-refractivity contribution in [2.75, 3.05) is 4.90 Å². The predicted octanol–water partition coefficient (Wildman–Crippen LogP) is 17.8. The molecule has 6 heteroatoms. The highest BCUT2D eigenvalue weighted by Gasteiger charge is 2.43. The monoisotopic (exact) mass is 1040 g/mol. The average Bonchev–Trinajstić information content (AvgIpc) is 2.32. The molecule has 0 aliphatic carbocycles. The molecule has 0 saturated carbocycles. The first-order valence-electron chi connectivity index (χ1n) is 28.0. The molecule has 2 aliphatic heterocycles. The Morgan fingerprint density at radius 3 is 1.49 bits per heavy atom. The van der Waals surface area contributed by atoms with E-state index in [2.05, 4.69) is 283 Å². The third kappa shape index (κ3) is 8.89. The van der Waals surface area contributed by atoms with E-state index in [-0.39, 0.29) is 33.8 Å². The SMILES string of the molecule is CC(C)(C)c1cc2c3c(c1)N(c1c(-c4cccc(C(C)(C)C)n4)cccc1-c1cccc(C(C)(C)C)n1)c1cc(-n4c5ccc(C(C)(C)C)cc5c5cc(C(C)(C)C)ccc54)ccc1B3c1cc(-c3ccccc3)ccc1S2. The quantitative estimate of drug-likeness (QED) is 0.161. The number of rotatable bonds is 5. The van der Waals surface area contributed by atoms with E-state index in [0.29, 0.717) is 0 Å². The number of para-hydroxylation sites is 1. The summed E-state index contributed by atoms with van der Waals surface area (Å²) in [5.74, 6) is 0. The van der Waals surface area contributed by atoms with Gasteiger partial charge in [-0.1, -0.05) is 212 Å². The smallest absolute Gasteiger partial charge is 0.249 e. The minimum absolute atomic E-state index is 0.0166. The van der Waals surface area contributed by atoms with Gasteiger partial charge in [0.05, 0.1) is 28.1 Å². The van der Waals surface area contributed by atoms with Crippen LogP contribution in [0.15, 0.2) is 180 Å². The molecule has 7 aromatic carbocycles. The molecule has 0 saturated heterocycles. The van der Waals surface area contributed by atoms with Gasteiger partial charge in [-0.05, 0) is 134 Å². The van der Waals surface area contributed by atoms with Crippen LogP contribution in [0, 0.1) is 0 Å². The maximum absolute atomic E-state index is 5.58. The van der Waals surface area contributed by atoms with Crippen LogP contribution in [0.25, 0.3) is 61.1 Å². The molecule has 3 aromatic heterocycles. The normalized spacial score (nSPS) is 13.7. The van der Waals surface area contributed by atoms with Gasteiger partial charge in [-0.15, -0.1) is 0 Å². The van der Waals surface area contributed by atoms with E-state index in [0.717, 1.165) is 51.0 Å². The topological polar surface area (TPSA) is 34.0 Å². The van der Waals surface area contributed by atoms with Crippen molar-refractivity contribution >= 4 is 73.7 Å². The Morgan fingerprint density at radius 1 is 0.397 bits per heavy atom. The molecular formula is C72H73BN4S. The van der Waals surface area contributed by atoms with Crippen molar-refractivity contribution in [1.82, 2.24) is 14.5 Å². The Bertz CT molecular complexity index is 3890. The van der Waals surface area contributed by atoms with Gasteiger partial charge in [0.15, 0.2) is 0 Å². The van der Waals surface area contributed by atoms with Gasteiger partial charge in [-0.25, -0.2) is 0 Å². The van der Waals surface area contributed by atoms with E-state index in [4.69, 9.17) is 9.97 Å². The first kappa shape index (κ1) is 51.6. The van der Waals surface area contributed by atoms with Crippen LogP contribution in [0.1, 0.15) is 132 Å². The number of fused-ring (bicyclic) bond motifs is 7. The first-order valence-corrected chi connectivity index (χ1v) is 28.8. The van der Waals surface area contributed by atoms with Crippen LogP contribution in [0.2, 0.25) is 0 Å². The number of pyridine rings is 2. The third-order valence-corrected chi connectivity index (χ3v) is 17.5. The van der Waals surface area contributed by atoms with Gasteiger partial charge in [0, 0.05) is 71.0 Å². The van der Waals surface area contributed by atoms with Crippen LogP contribution in [0.4, 0.5) is 17.1 Å². The van der Waals surface area contributed by atoms with Crippen molar-refractivity contribution in [1.29, 1.82) is 0 Å².